The number of hydrogen-bond acceptors (Lipinski definition) is 4. The number of aliphatic hydroxyl groups is 1. The van der Waals surface area contributed by atoms with E-state index >= 15 is 0 Å². The summed E-state index contributed by atoms with van der Waals surface area (Å²) >= 11 is 0. The van der Waals surface area contributed by atoms with Crippen molar-refractivity contribution in [1.82, 2.24) is 0 Å². The van der Waals surface area contributed by atoms with Crippen LogP contribution >= 0.6 is 0 Å². The zero-order chi connectivity index (χ0) is 15.5. The van der Waals surface area contributed by atoms with Gasteiger partial charge in [0.25, 0.3) is 0 Å². The Labute approximate surface area is 128 Å². The van der Waals surface area contributed by atoms with Gasteiger partial charge in [-0.3, -0.25) is 9.59 Å². The smallest absolute Gasteiger partial charge is 0.311 e. The summed E-state index contributed by atoms with van der Waals surface area (Å²) in [6, 6.07) is 13.6. The highest BCUT2D eigenvalue weighted by molar-refractivity contribution is 6.06. The van der Waals surface area contributed by atoms with E-state index in [0.29, 0.717) is 6.54 Å². The summed E-state index contributed by atoms with van der Waals surface area (Å²) < 4.78 is 4.93. The molecule has 5 nitrogen and oxygen atoms in total. The van der Waals surface area contributed by atoms with Gasteiger partial charge in [-0.2, -0.15) is 0 Å². The van der Waals surface area contributed by atoms with E-state index in [0.717, 1.165) is 16.5 Å². The number of aliphatic hydroxyl groups excluding tert-OH is 1. The van der Waals surface area contributed by atoms with Crippen molar-refractivity contribution in [2.45, 2.75) is 6.42 Å². The average Bonchev–Trinajstić information content (AvgIpc) is 2.94. The molecule has 1 N–H and O–H groups in total. The maximum Gasteiger partial charge on any atom is 0.311 e. The Morgan fingerprint density at radius 3 is 2.82 bits per heavy atom. The molecule has 1 saturated heterocycles. The zero-order valence-electron chi connectivity index (χ0n) is 12.1. The maximum absolute atomic E-state index is 12.3. The molecule has 2 aromatic carbocycles. The number of benzene rings is 2. The third-order valence-electron chi connectivity index (χ3n) is 3.85. The van der Waals surface area contributed by atoms with Crippen LogP contribution in [0, 0.1) is 5.92 Å². The van der Waals surface area contributed by atoms with Gasteiger partial charge in [-0.25, -0.2) is 0 Å². The van der Waals surface area contributed by atoms with E-state index in [9.17, 15) is 9.59 Å². The lowest BCUT2D eigenvalue weighted by molar-refractivity contribution is -0.149. The number of esters is 1. The van der Waals surface area contributed by atoms with Crippen molar-refractivity contribution in [1.29, 1.82) is 0 Å². The first-order valence-corrected chi connectivity index (χ1v) is 7.26. The lowest BCUT2D eigenvalue weighted by Crippen LogP contribution is -2.26. The topological polar surface area (TPSA) is 66.8 Å². The SMILES string of the molecule is O=C(OCCO)[C@H]1CC(=O)N(c2cccc3ccccc23)C1. The van der Waals surface area contributed by atoms with Gasteiger partial charge in [-0.1, -0.05) is 36.4 Å². The van der Waals surface area contributed by atoms with Crippen LogP contribution in [0.4, 0.5) is 5.69 Å². The monoisotopic (exact) mass is 299 g/mol. The summed E-state index contributed by atoms with van der Waals surface area (Å²) in [6.45, 7) is 0.0777. The molecule has 0 aromatic heterocycles. The van der Waals surface area contributed by atoms with Gasteiger partial charge in [0.1, 0.15) is 6.61 Å². The van der Waals surface area contributed by atoms with Crippen molar-refractivity contribution in [3.63, 3.8) is 0 Å². The number of fused-ring (bicyclic) bond motifs is 1. The zero-order valence-corrected chi connectivity index (χ0v) is 12.1. The molecule has 1 aliphatic rings. The van der Waals surface area contributed by atoms with Gasteiger partial charge in [0.2, 0.25) is 5.91 Å². The van der Waals surface area contributed by atoms with Crippen molar-refractivity contribution in [2.75, 3.05) is 24.7 Å². The van der Waals surface area contributed by atoms with Crippen molar-refractivity contribution in [3.8, 4) is 0 Å². The van der Waals surface area contributed by atoms with E-state index in [1.54, 1.807) is 4.90 Å². The summed E-state index contributed by atoms with van der Waals surface area (Å²) in [7, 11) is 0. The molecule has 1 heterocycles. The highest BCUT2D eigenvalue weighted by Crippen LogP contribution is 2.31. The molecule has 0 unspecified atom stereocenters. The standard InChI is InChI=1S/C17H17NO4/c19-8-9-22-17(21)13-10-16(20)18(11-13)15-7-3-5-12-4-1-2-6-14(12)15/h1-7,13,19H,8-11H2/t13-/m0/s1. The Kier molecular flexibility index (Phi) is 4.06. The van der Waals surface area contributed by atoms with Crippen LogP contribution in [0.15, 0.2) is 42.5 Å². The molecule has 0 bridgehead atoms. The van der Waals surface area contributed by atoms with Gasteiger partial charge in [0.15, 0.2) is 0 Å². The van der Waals surface area contributed by atoms with E-state index in [1.165, 1.54) is 0 Å². The maximum atomic E-state index is 12.3. The second kappa shape index (κ2) is 6.15. The van der Waals surface area contributed by atoms with Gasteiger partial charge in [0.05, 0.1) is 18.2 Å². The normalized spacial score (nSPS) is 18.0. The lowest BCUT2D eigenvalue weighted by atomic mass is 10.1. The number of anilines is 1. The van der Waals surface area contributed by atoms with E-state index < -0.39 is 11.9 Å². The molecule has 2 aromatic rings. The number of carbonyl (C=O) groups is 2. The predicted molar refractivity (Wildman–Crippen MR) is 82.5 cm³/mol. The number of amides is 1. The number of carbonyl (C=O) groups excluding carboxylic acids is 2. The van der Waals surface area contributed by atoms with Gasteiger partial charge >= 0.3 is 5.97 Å². The van der Waals surface area contributed by atoms with Crippen molar-refractivity contribution < 1.29 is 19.4 Å². The Bertz CT molecular complexity index is 707. The number of nitrogens with zero attached hydrogens (tertiary/aromatic N) is 1. The highest BCUT2D eigenvalue weighted by atomic mass is 16.5. The molecule has 0 radical (unpaired) electrons. The Balaban J connectivity index is 1.86. The molecule has 114 valence electrons. The molecule has 1 aliphatic heterocycles. The molecule has 0 spiro atoms. The van der Waals surface area contributed by atoms with Crippen molar-refractivity contribution in [3.05, 3.63) is 42.5 Å². The summed E-state index contributed by atoms with van der Waals surface area (Å²) in [6.07, 6.45) is 0.146. The summed E-state index contributed by atoms with van der Waals surface area (Å²) in [4.78, 5) is 25.8. The van der Waals surface area contributed by atoms with Crippen LogP contribution in [0.5, 0.6) is 0 Å². The van der Waals surface area contributed by atoms with E-state index in [4.69, 9.17) is 9.84 Å². The molecule has 0 aliphatic carbocycles. The van der Waals surface area contributed by atoms with Crippen LogP contribution < -0.4 is 4.90 Å². The molecule has 1 fully saturated rings. The average molecular weight is 299 g/mol. The van der Waals surface area contributed by atoms with Gasteiger partial charge in [-0.05, 0) is 11.5 Å². The molecule has 5 heteroatoms. The predicted octanol–water partition coefficient (Wildman–Crippen LogP) is 1.73. The van der Waals surface area contributed by atoms with Crippen LogP contribution in [-0.2, 0) is 14.3 Å². The van der Waals surface area contributed by atoms with Crippen LogP contribution in [-0.4, -0.2) is 36.7 Å². The third kappa shape index (κ3) is 2.67. The largest absolute Gasteiger partial charge is 0.463 e. The quantitative estimate of drug-likeness (QED) is 0.873. The molecule has 1 atom stereocenters. The fourth-order valence-electron chi connectivity index (χ4n) is 2.81. The highest BCUT2D eigenvalue weighted by Gasteiger charge is 2.36. The minimum atomic E-state index is -0.474. The number of rotatable bonds is 4. The molecule has 3 rings (SSSR count). The summed E-state index contributed by atoms with van der Waals surface area (Å²) in [5.41, 5.74) is 0.820. The Morgan fingerprint density at radius 1 is 1.23 bits per heavy atom. The fourth-order valence-corrected chi connectivity index (χ4v) is 2.81. The van der Waals surface area contributed by atoms with E-state index in [2.05, 4.69) is 0 Å². The fraction of sp³-hybridized carbons (Fsp3) is 0.294. The first-order chi connectivity index (χ1) is 10.7. The molecular formula is C17H17NO4. The van der Waals surface area contributed by atoms with E-state index in [1.807, 2.05) is 42.5 Å². The third-order valence-corrected chi connectivity index (χ3v) is 3.85. The number of ether oxygens (including phenoxy) is 1. The van der Waals surface area contributed by atoms with Crippen LogP contribution in [0.3, 0.4) is 0 Å². The second-order valence-electron chi connectivity index (χ2n) is 5.29. The minimum Gasteiger partial charge on any atom is -0.463 e. The van der Waals surface area contributed by atoms with Crippen molar-refractivity contribution >= 4 is 28.3 Å². The minimum absolute atomic E-state index is 0.0300. The van der Waals surface area contributed by atoms with E-state index in [-0.39, 0.29) is 25.5 Å². The second-order valence-corrected chi connectivity index (χ2v) is 5.29. The summed E-state index contributed by atoms with van der Waals surface area (Å²) in [5.74, 6) is -0.981. The first kappa shape index (κ1) is 14.5. The van der Waals surface area contributed by atoms with Crippen LogP contribution in [0.1, 0.15) is 6.42 Å². The number of hydrogen-bond donors (Lipinski definition) is 1. The van der Waals surface area contributed by atoms with Gasteiger partial charge < -0.3 is 14.7 Å². The Morgan fingerprint density at radius 2 is 2.00 bits per heavy atom. The molecular weight excluding hydrogens is 282 g/mol. The molecule has 0 saturated carbocycles. The van der Waals surface area contributed by atoms with Crippen LogP contribution in [0.25, 0.3) is 10.8 Å². The van der Waals surface area contributed by atoms with Crippen LogP contribution in [0.2, 0.25) is 0 Å². The van der Waals surface area contributed by atoms with Gasteiger partial charge in [0, 0.05) is 18.4 Å². The lowest BCUT2D eigenvalue weighted by Gasteiger charge is -2.18. The van der Waals surface area contributed by atoms with Crippen molar-refractivity contribution in [2.24, 2.45) is 5.92 Å². The first-order valence-electron chi connectivity index (χ1n) is 7.26. The Hall–Kier alpha value is -2.40. The molecule has 1 amide bonds. The summed E-state index contributed by atoms with van der Waals surface area (Å²) in [5, 5.41) is 10.7. The van der Waals surface area contributed by atoms with Gasteiger partial charge in [-0.15, -0.1) is 0 Å². The molecule has 22 heavy (non-hydrogen) atoms.